The lowest BCUT2D eigenvalue weighted by Crippen LogP contribution is -2.54. The third-order valence-electron chi connectivity index (χ3n) is 7.14. The van der Waals surface area contributed by atoms with Crippen LogP contribution in [0.3, 0.4) is 0 Å². The molecule has 3 aromatic carbocycles. The van der Waals surface area contributed by atoms with Crippen LogP contribution in [0.15, 0.2) is 65.1 Å². The summed E-state index contributed by atoms with van der Waals surface area (Å²) < 4.78 is 27.9. The number of nitrogens with zero attached hydrogens (tertiary/aromatic N) is 2. The van der Waals surface area contributed by atoms with Gasteiger partial charge in [0.15, 0.2) is 0 Å². The van der Waals surface area contributed by atoms with Gasteiger partial charge in [-0.3, -0.25) is 15.0 Å². The molecule has 0 aromatic heterocycles. The monoisotopic (exact) mass is 644 g/mol. The minimum absolute atomic E-state index is 0.0801. The predicted molar refractivity (Wildman–Crippen MR) is 157 cm³/mol. The van der Waals surface area contributed by atoms with Gasteiger partial charge in [-0.2, -0.15) is 0 Å². The van der Waals surface area contributed by atoms with E-state index in [9.17, 15) is 9.59 Å². The number of ether oxygens (including phenoxy) is 2. The van der Waals surface area contributed by atoms with Crippen LogP contribution < -0.4 is 20.1 Å². The third kappa shape index (κ3) is 6.14. The number of methoxy groups -OCH3 is 1. The molecule has 11 heteroatoms. The zero-order valence-electron chi connectivity index (χ0n) is 22.9. The first-order valence-corrected chi connectivity index (χ1v) is 14.5. The minimum Gasteiger partial charge on any atom is -0.497 e. The topological polar surface area (TPSA) is 83.1 Å². The van der Waals surface area contributed by atoms with E-state index < -0.39 is 24.1 Å². The van der Waals surface area contributed by atoms with Gasteiger partial charge in [-0.1, -0.05) is 39.7 Å². The summed E-state index contributed by atoms with van der Waals surface area (Å²) in [6.45, 7) is 4.43. The molecular weight excluding hydrogens is 615 g/mol. The van der Waals surface area contributed by atoms with Gasteiger partial charge in [0.1, 0.15) is 30.0 Å². The van der Waals surface area contributed by atoms with Crippen LogP contribution in [-0.4, -0.2) is 54.6 Å². The Bertz CT molecular complexity index is 1440. The highest BCUT2D eigenvalue weighted by atomic mass is 79.9. The molecule has 0 bridgehead atoms. The van der Waals surface area contributed by atoms with Gasteiger partial charge >= 0.3 is 6.03 Å². The zero-order chi connectivity index (χ0) is 29.3. The number of piperazine rings is 1. The van der Waals surface area contributed by atoms with E-state index in [2.05, 4.69) is 26.6 Å². The number of rotatable bonds is 6. The van der Waals surface area contributed by atoms with Crippen molar-refractivity contribution in [1.82, 2.24) is 20.4 Å². The molecule has 0 radical (unpaired) electrons. The second-order valence-electron chi connectivity index (χ2n) is 10.2. The van der Waals surface area contributed by atoms with E-state index in [-0.39, 0.29) is 24.6 Å². The lowest BCUT2D eigenvalue weighted by atomic mass is 9.93. The summed E-state index contributed by atoms with van der Waals surface area (Å²) >= 11 is 9.71. The van der Waals surface area contributed by atoms with E-state index in [0.717, 1.165) is 5.56 Å². The fraction of sp³-hybridized carbons (Fsp3) is 0.333. The molecule has 2 fully saturated rings. The largest absolute Gasteiger partial charge is 0.497 e. The van der Waals surface area contributed by atoms with Crippen molar-refractivity contribution in [2.24, 2.45) is 0 Å². The lowest BCUT2D eigenvalue weighted by Gasteiger charge is -2.37. The maximum Gasteiger partial charge on any atom is 0.322 e. The standard InChI is InChI=1S/C30H31BrClFN4O4/c1-17(2)41-25-15-21(40-3)9-10-22(25)29-35-27(23-14-19(31)6-11-24(23)33)28(18-4-7-20(32)8-5-18)37(29)30(39)36-13-12-34-26(38)16-36/h4-11,14-15,17,27-29,35H,12-13,16H2,1-3H3,(H,34,38)/t27-,28+,29?/m0/s1. The second kappa shape index (κ2) is 12.3. The minimum atomic E-state index is -0.740. The Morgan fingerprint density at radius 2 is 1.85 bits per heavy atom. The Morgan fingerprint density at radius 1 is 1.10 bits per heavy atom. The summed E-state index contributed by atoms with van der Waals surface area (Å²) in [5.41, 5.74) is 1.81. The Balaban J connectivity index is 1.71. The second-order valence-corrected chi connectivity index (χ2v) is 11.6. The zero-order valence-corrected chi connectivity index (χ0v) is 25.2. The number of benzene rings is 3. The molecule has 2 N–H and O–H groups in total. The Morgan fingerprint density at radius 3 is 2.54 bits per heavy atom. The molecule has 0 spiro atoms. The summed E-state index contributed by atoms with van der Waals surface area (Å²) in [5, 5.41) is 6.86. The van der Waals surface area contributed by atoms with Gasteiger partial charge in [0, 0.05) is 39.8 Å². The summed E-state index contributed by atoms with van der Waals surface area (Å²) in [5.74, 6) is 0.468. The molecule has 3 atom stereocenters. The van der Waals surface area contributed by atoms with Crippen molar-refractivity contribution in [2.75, 3.05) is 26.7 Å². The van der Waals surface area contributed by atoms with Crippen LogP contribution in [0.4, 0.5) is 9.18 Å². The van der Waals surface area contributed by atoms with Gasteiger partial charge in [-0.25, -0.2) is 9.18 Å². The molecule has 0 saturated carbocycles. The van der Waals surface area contributed by atoms with Crippen LogP contribution in [0.25, 0.3) is 0 Å². The van der Waals surface area contributed by atoms with E-state index in [1.165, 1.54) is 11.0 Å². The maximum atomic E-state index is 15.5. The first-order valence-electron chi connectivity index (χ1n) is 13.3. The van der Waals surface area contributed by atoms with Crippen molar-refractivity contribution < 1.29 is 23.5 Å². The number of hydrogen-bond acceptors (Lipinski definition) is 5. The summed E-state index contributed by atoms with van der Waals surface area (Å²) in [6, 6.07) is 15.7. The number of halogens is 3. The van der Waals surface area contributed by atoms with Crippen LogP contribution in [0.5, 0.6) is 11.5 Å². The van der Waals surface area contributed by atoms with Crippen molar-refractivity contribution in [3.63, 3.8) is 0 Å². The van der Waals surface area contributed by atoms with Gasteiger partial charge < -0.3 is 19.7 Å². The van der Waals surface area contributed by atoms with E-state index >= 15 is 4.39 Å². The molecule has 8 nitrogen and oxygen atoms in total. The molecule has 216 valence electrons. The fourth-order valence-corrected chi connectivity index (χ4v) is 5.85. The molecule has 2 aliphatic heterocycles. The highest BCUT2D eigenvalue weighted by Crippen LogP contribution is 2.49. The SMILES string of the molecule is COc1ccc(C2N[C@@H](c3cc(Br)ccc3F)[C@@H](c3ccc(Cl)cc3)N2C(=O)N2CCNC(=O)C2)c(OC(C)C)c1. The van der Waals surface area contributed by atoms with Gasteiger partial charge in [0.05, 0.1) is 25.3 Å². The van der Waals surface area contributed by atoms with Gasteiger partial charge in [-0.05, 0) is 61.9 Å². The maximum absolute atomic E-state index is 15.5. The van der Waals surface area contributed by atoms with Gasteiger partial charge in [0.25, 0.3) is 0 Å². The summed E-state index contributed by atoms with van der Waals surface area (Å²) in [6.07, 6.45) is -0.904. The normalized spacial score (nSPS) is 20.8. The van der Waals surface area contributed by atoms with Crippen LogP contribution in [0.1, 0.15) is 48.8 Å². The number of carbonyl (C=O) groups excluding carboxylic acids is 2. The first-order chi connectivity index (χ1) is 19.7. The third-order valence-corrected chi connectivity index (χ3v) is 7.89. The molecule has 1 unspecified atom stereocenters. The van der Waals surface area contributed by atoms with Crippen LogP contribution in [0, 0.1) is 5.82 Å². The highest BCUT2D eigenvalue weighted by molar-refractivity contribution is 9.10. The summed E-state index contributed by atoms with van der Waals surface area (Å²) in [7, 11) is 1.57. The van der Waals surface area contributed by atoms with E-state index in [4.69, 9.17) is 21.1 Å². The Kier molecular flexibility index (Phi) is 8.72. The van der Waals surface area contributed by atoms with Crippen LogP contribution in [0.2, 0.25) is 5.02 Å². The molecular formula is C30H31BrClFN4O4. The number of urea groups is 1. The molecule has 3 amide bonds. The van der Waals surface area contributed by atoms with Crippen molar-refractivity contribution in [1.29, 1.82) is 0 Å². The molecule has 0 aliphatic carbocycles. The number of amides is 3. The molecule has 2 saturated heterocycles. The van der Waals surface area contributed by atoms with Crippen molar-refractivity contribution in [2.45, 2.75) is 38.2 Å². The molecule has 5 rings (SSSR count). The summed E-state index contributed by atoms with van der Waals surface area (Å²) in [4.78, 5) is 29.9. The predicted octanol–water partition coefficient (Wildman–Crippen LogP) is 5.98. The van der Waals surface area contributed by atoms with E-state index in [0.29, 0.717) is 45.2 Å². The quantitative estimate of drug-likeness (QED) is 0.345. The van der Waals surface area contributed by atoms with Crippen LogP contribution in [-0.2, 0) is 4.79 Å². The number of hydrogen-bond donors (Lipinski definition) is 2. The fourth-order valence-electron chi connectivity index (χ4n) is 5.35. The van der Waals surface area contributed by atoms with Gasteiger partial charge in [-0.15, -0.1) is 0 Å². The van der Waals surface area contributed by atoms with E-state index in [1.807, 2.05) is 32.0 Å². The lowest BCUT2D eigenvalue weighted by molar-refractivity contribution is -0.123. The molecule has 2 heterocycles. The van der Waals surface area contributed by atoms with Gasteiger partial charge in [0.2, 0.25) is 5.91 Å². The smallest absolute Gasteiger partial charge is 0.322 e. The average Bonchev–Trinajstić information content (AvgIpc) is 3.34. The van der Waals surface area contributed by atoms with Crippen molar-refractivity contribution in [3.8, 4) is 11.5 Å². The molecule has 41 heavy (non-hydrogen) atoms. The average molecular weight is 646 g/mol. The van der Waals surface area contributed by atoms with Crippen molar-refractivity contribution in [3.05, 3.63) is 92.7 Å². The number of nitrogens with one attached hydrogen (secondary N) is 2. The molecule has 3 aromatic rings. The van der Waals surface area contributed by atoms with Crippen LogP contribution >= 0.6 is 27.5 Å². The van der Waals surface area contributed by atoms with Crippen molar-refractivity contribution >= 4 is 39.5 Å². The van der Waals surface area contributed by atoms with E-state index in [1.54, 1.807) is 48.4 Å². The molecule has 2 aliphatic rings. The first kappa shape index (κ1) is 29.2. The Hall–Kier alpha value is -3.34. The Labute approximate surface area is 251 Å². The highest BCUT2D eigenvalue weighted by Gasteiger charge is 2.49. The number of carbonyl (C=O) groups is 2.